The van der Waals surface area contributed by atoms with Crippen LogP contribution in [0.3, 0.4) is 0 Å². The first-order valence-corrected chi connectivity index (χ1v) is 15.5. The van der Waals surface area contributed by atoms with E-state index in [2.05, 4.69) is 158 Å². The van der Waals surface area contributed by atoms with Gasteiger partial charge in [-0.3, -0.25) is 0 Å². The van der Waals surface area contributed by atoms with E-state index in [0.717, 1.165) is 22.6 Å². The Balaban J connectivity index is 1.15. The Hall–Kier alpha value is -5.92. The molecule has 0 fully saturated rings. The fourth-order valence-electron chi connectivity index (χ4n) is 7.54. The van der Waals surface area contributed by atoms with Gasteiger partial charge in [0.15, 0.2) is 0 Å². The molecule has 1 aliphatic rings. The minimum atomic E-state index is 0.905. The number of ether oxygens (including phenoxy) is 1. The molecule has 1 aliphatic heterocycles. The zero-order valence-corrected chi connectivity index (χ0v) is 24.4. The lowest BCUT2D eigenvalue weighted by Crippen LogP contribution is -1.98. The first-order valence-electron chi connectivity index (χ1n) is 15.5. The summed E-state index contributed by atoms with van der Waals surface area (Å²) in [6.45, 7) is 0. The molecule has 0 bridgehead atoms. The van der Waals surface area contributed by atoms with Crippen molar-refractivity contribution in [2.24, 2.45) is 0 Å². The zero-order chi connectivity index (χ0) is 29.5. The van der Waals surface area contributed by atoms with Gasteiger partial charge in [-0.2, -0.15) is 0 Å². The Labute approximate surface area is 260 Å². The highest BCUT2D eigenvalue weighted by Gasteiger charge is 2.23. The number of fused-ring (bicyclic) bond motifs is 2. The van der Waals surface area contributed by atoms with Crippen LogP contribution in [-0.2, 0) is 0 Å². The van der Waals surface area contributed by atoms with Crippen LogP contribution in [0.2, 0.25) is 0 Å². The molecular formula is C44H26O. The number of rotatable bonds is 3. The summed E-state index contributed by atoms with van der Waals surface area (Å²) in [6.07, 6.45) is 0. The van der Waals surface area contributed by atoms with E-state index >= 15 is 0 Å². The lowest BCUT2D eigenvalue weighted by molar-refractivity contribution is 0.487. The van der Waals surface area contributed by atoms with Crippen molar-refractivity contribution in [3.63, 3.8) is 0 Å². The maximum atomic E-state index is 6.61. The van der Waals surface area contributed by atoms with Gasteiger partial charge >= 0.3 is 0 Å². The van der Waals surface area contributed by atoms with E-state index in [0.29, 0.717) is 0 Å². The molecule has 0 saturated carbocycles. The van der Waals surface area contributed by atoms with Gasteiger partial charge in [0.1, 0.15) is 11.5 Å². The average molecular weight is 571 g/mol. The molecule has 0 N–H and O–H groups in total. The predicted octanol–water partition coefficient (Wildman–Crippen LogP) is 12.5. The third-order valence-electron chi connectivity index (χ3n) is 9.60. The smallest absolute Gasteiger partial charge is 0.135 e. The van der Waals surface area contributed by atoms with Crippen molar-refractivity contribution in [1.29, 1.82) is 0 Å². The van der Waals surface area contributed by atoms with Crippen LogP contribution in [0.25, 0.3) is 87.6 Å². The molecule has 9 aromatic carbocycles. The monoisotopic (exact) mass is 570 g/mol. The van der Waals surface area contributed by atoms with Gasteiger partial charge in [0, 0.05) is 10.9 Å². The molecule has 1 heteroatoms. The van der Waals surface area contributed by atoms with Crippen molar-refractivity contribution >= 4 is 43.1 Å². The zero-order valence-electron chi connectivity index (χ0n) is 24.4. The van der Waals surface area contributed by atoms with E-state index < -0.39 is 0 Å². The normalized spacial score (nSPS) is 12.2. The third kappa shape index (κ3) is 3.62. The summed E-state index contributed by atoms with van der Waals surface area (Å²) in [6, 6.07) is 57.2. The molecular weight excluding hydrogens is 544 g/mol. The molecule has 208 valence electrons. The summed E-state index contributed by atoms with van der Waals surface area (Å²) >= 11 is 0. The molecule has 0 unspecified atom stereocenters. The Bertz CT molecular complexity index is 2580. The van der Waals surface area contributed by atoms with Gasteiger partial charge in [-0.15, -0.1) is 0 Å². The largest absolute Gasteiger partial charge is 0.456 e. The van der Waals surface area contributed by atoms with Crippen molar-refractivity contribution in [3.8, 4) is 56.0 Å². The number of hydrogen-bond donors (Lipinski definition) is 0. The summed E-state index contributed by atoms with van der Waals surface area (Å²) < 4.78 is 6.61. The van der Waals surface area contributed by atoms with E-state index in [4.69, 9.17) is 4.74 Å². The van der Waals surface area contributed by atoms with E-state index in [1.807, 2.05) is 0 Å². The van der Waals surface area contributed by atoms with Gasteiger partial charge in [0.25, 0.3) is 0 Å². The second-order valence-corrected chi connectivity index (χ2v) is 12.1. The third-order valence-corrected chi connectivity index (χ3v) is 9.60. The molecule has 0 saturated heterocycles. The Morgan fingerprint density at radius 3 is 1.76 bits per heavy atom. The molecule has 0 aromatic heterocycles. The average Bonchev–Trinajstić information content (AvgIpc) is 3.11. The maximum absolute atomic E-state index is 6.61. The predicted molar refractivity (Wildman–Crippen MR) is 189 cm³/mol. The molecule has 1 heterocycles. The maximum Gasteiger partial charge on any atom is 0.135 e. The van der Waals surface area contributed by atoms with Crippen LogP contribution >= 0.6 is 0 Å². The summed E-state index contributed by atoms with van der Waals surface area (Å²) in [7, 11) is 0. The number of hydrogen-bond acceptors (Lipinski definition) is 1. The van der Waals surface area contributed by atoms with Gasteiger partial charge in [-0.25, -0.2) is 0 Å². The Morgan fingerprint density at radius 1 is 0.289 bits per heavy atom. The van der Waals surface area contributed by atoms with Crippen LogP contribution in [0.4, 0.5) is 0 Å². The topological polar surface area (TPSA) is 9.23 Å². The van der Waals surface area contributed by atoms with Gasteiger partial charge in [-0.1, -0.05) is 127 Å². The summed E-state index contributed by atoms with van der Waals surface area (Å²) in [5, 5.41) is 10.2. The van der Waals surface area contributed by atoms with Crippen molar-refractivity contribution in [1.82, 2.24) is 0 Å². The van der Waals surface area contributed by atoms with E-state index in [-0.39, 0.29) is 0 Å². The quantitative estimate of drug-likeness (QED) is 0.192. The molecule has 1 nitrogen and oxygen atoms in total. The van der Waals surface area contributed by atoms with Gasteiger partial charge in [-0.05, 0) is 107 Å². The van der Waals surface area contributed by atoms with Crippen molar-refractivity contribution < 1.29 is 4.74 Å². The van der Waals surface area contributed by atoms with Gasteiger partial charge in [0.2, 0.25) is 0 Å². The van der Waals surface area contributed by atoms with Crippen LogP contribution in [0.15, 0.2) is 158 Å². The molecule has 0 aliphatic carbocycles. The molecule has 0 spiro atoms. The molecule has 0 radical (unpaired) electrons. The van der Waals surface area contributed by atoms with Crippen molar-refractivity contribution in [2.45, 2.75) is 0 Å². The minimum Gasteiger partial charge on any atom is -0.456 e. The highest BCUT2D eigenvalue weighted by Crippen LogP contribution is 2.50. The lowest BCUT2D eigenvalue weighted by atomic mass is 9.86. The van der Waals surface area contributed by atoms with Crippen LogP contribution < -0.4 is 4.74 Å². The van der Waals surface area contributed by atoms with Crippen LogP contribution in [-0.4, -0.2) is 0 Å². The van der Waals surface area contributed by atoms with Gasteiger partial charge in [0.05, 0.1) is 0 Å². The first-order chi connectivity index (χ1) is 22.3. The number of benzene rings is 9. The molecule has 0 amide bonds. The Morgan fingerprint density at radius 2 is 0.933 bits per heavy atom. The van der Waals surface area contributed by atoms with Crippen LogP contribution in [0, 0.1) is 0 Å². The molecule has 45 heavy (non-hydrogen) atoms. The van der Waals surface area contributed by atoms with E-state index in [1.165, 1.54) is 76.5 Å². The SMILES string of the molecule is c1ccc(-c2ccc3c(c2)Oc2ccc(-c4cc5ccc6ccc(-c7ccccc7)c7ccc(c4)c5c67)c4cccc-3c24)cc1. The standard InChI is InChI=1S/C44H26O/c1-3-8-27(9-4-1)30-17-20-36-38-13-7-12-37-35(22-23-40(44(37)38)45-41(36)26-30)33-24-31-15-14-29-16-19-34(28-10-5-2-6-11-28)39-21-18-32(25-33)42(31)43(29)39/h1-26H. The fraction of sp³-hybridized carbons (Fsp3) is 0. The molecule has 10 rings (SSSR count). The second kappa shape index (κ2) is 9.29. The summed E-state index contributed by atoms with van der Waals surface area (Å²) in [5.74, 6) is 1.81. The lowest BCUT2D eigenvalue weighted by Gasteiger charge is -2.23. The Kier molecular flexibility index (Phi) is 5.06. The summed E-state index contributed by atoms with van der Waals surface area (Å²) in [5.41, 5.74) is 9.67. The van der Waals surface area contributed by atoms with Crippen LogP contribution in [0.1, 0.15) is 0 Å². The van der Waals surface area contributed by atoms with E-state index in [1.54, 1.807) is 0 Å². The van der Waals surface area contributed by atoms with Gasteiger partial charge < -0.3 is 4.74 Å². The summed E-state index contributed by atoms with van der Waals surface area (Å²) in [4.78, 5) is 0. The van der Waals surface area contributed by atoms with E-state index in [9.17, 15) is 0 Å². The molecule has 0 atom stereocenters. The van der Waals surface area contributed by atoms with Crippen molar-refractivity contribution in [3.05, 3.63) is 158 Å². The molecule has 9 aromatic rings. The first kappa shape index (κ1) is 24.5. The van der Waals surface area contributed by atoms with Crippen LogP contribution in [0.5, 0.6) is 11.5 Å². The highest BCUT2D eigenvalue weighted by atomic mass is 16.5. The minimum absolute atomic E-state index is 0.905. The second-order valence-electron chi connectivity index (χ2n) is 12.1. The highest BCUT2D eigenvalue weighted by molar-refractivity contribution is 6.26. The fourth-order valence-corrected chi connectivity index (χ4v) is 7.54. The van der Waals surface area contributed by atoms with Crippen molar-refractivity contribution in [2.75, 3.05) is 0 Å².